The highest BCUT2D eigenvalue weighted by Crippen LogP contribution is 2.39. The molecule has 24 heavy (non-hydrogen) atoms. The second kappa shape index (κ2) is 7.32. The van der Waals surface area contributed by atoms with Crippen LogP contribution in [0.1, 0.15) is 18.9 Å². The van der Waals surface area contributed by atoms with Gasteiger partial charge < -0.3 is 4.74 Å². The molecule has 1 aromatic carbocycles. The first kappa shape index (κ1) is 16.9. The zero-order valence-corrected chi connectivity index (χ0v) is 15.4. The lowest BCUT2D eigenvalue weighted by molar-refractivity contribution is -0.140. The molecular weight excluding hydrogens is 340 g/mol. The molecule has 0 saturated carbocycles. The number of fused-ring (bicyclic) bond motifs is 1. The van der Waals surface area contributed by atoms with E-state index in [1.807, 2.05) is 6.92 Å². The lowest BCUT2D eigenvalue weighted by Gasteiger charge is -2.12. The quantitative estimate of drug-likeness (QED) is 0.375. The number of hydrogen-bond donors (Lipinski definition) is 0. The smallest absolute Gasteiger partial charge is 0.319 e. The molecule has 0 bridgehead atoms. The molecule has 0 aliphatic carbocycles. The Kier molecular flexibility index (Phi) is 5.16. The van der Waals surface area contributed by atoms with Crippen LogP contribution in [0.3, 0.4) is 0 Å². The van der Waals surface area contributed by atoms with Crippen LogP contribution in [0, 0.1) is 6.92 Å². The Morgan fingerprint density at radius 3 is 2.71 bits per heavy atom. The molecule has 1 unspecified atom stereocenters. The average Bonchev–Trinajstić information content (AvgIpc) is 3.04. The highest BCUT2D eigenvalue weighted by atomic mass is 32.2. The third kappa shape index (κ3) is 3.30. The van der Waals surface area contributed by atoms with Crippen LogP contribution >= 0.6 is 23.1 Å². The average molecular weight is 358 g/mol. The van der Waals surface area contributed by atoms with E-state index < -0.39 is 0 Å². The molecule has 3 rings (SSSR count). The van der Waals surface area contributed by atoms with Gasteiger partial charge in [0.15, 0.2) is 0 Å². The van der Waals surface area contributed by atoms with Crippen molar-refractivity contribution in [2.24, 2.45) is 0 Å². The molecule has 0 saturated heterocycles. The molecule has 2 aromatic heterocycles. The number of methoxy groups -OCH3 is 1. The number of carbonyl (C=O) groups is 1. The van der Waals surface area contributed by atoms with E-state index in [1.54, 1.807) is 17.7 Å². The predicted octanol–water partition coefficient (Wildman–Crippen LogP) is 4.71. The van der Waals surface area contributed by atoms with Gasteiger partial charge in [-0.05, 0) is 18.9 Å². The molecule has 0 fully saturated rings. The zero-order valence-electron chi connectivity index (χ0n) is 13.8. The standard InChI is InChI=1S/C18H18N2O2S2/c1-4-14(18(21)22-3)24-17-15-13(9-23-16(15)19-10-20-17)12-7-5-11(2)6-8-12/h5-10,14H,4H2,1-3H3. The maximum Gasteiger partial charge on any atom is 0.319 e. The summed E-state index contributed by atoms with van der Waals surface area (Å²) in [5, 5.41) is 3.68. The fourth-order valence-corrected chi connectivity index (χ4v) is 4.49. The summed E-state index contributed by atoms with van der Waals surface area (Å²) in [5.74, 6) is -0.221. The Labute approximate surface area is 149 Å². The molecule has 3 aromatic rings. The van der Waals surface area contributed by atoms with Crippen molar-refractivity contribution in [1.82, 2.24) is 9.97 Å². The summed E-state index contributed by atoms with van der Waals surface area (Å²) in [6.45, 7) is 4.05. The van der Waals surface area contributed by atoms with E-state index in [4.69, 9.17) is 4.74 Å². The Morgan fingerprint density at radius 2 is 2.04 bits per heavy atom. The highest BCUT2D eigenvalue weighted by Gasteiger charge is 2.22. The van der Waals surface area contributed by atoms with E-state index >= 15 is 0 Å². The number of hydrogen-bond acceptors (Lipinski definition) is 6. The number of thioether (sulfide) groups is 1. The van der Waals surface area contributed by atoms with Crippen molar-refractivity contribution in [1.29, 1.82) is 0 Å². The summed E-state index contributed by atoms with van der Waals surface area (Å²) >= 11 is 3.04. The van der Waals surface area contributed by atoms with Gasteiger partial charge in [0.2, 0.25) is 0 Å². The number of nitrogens with zero attached hydrogens (tertiary/aromatic N) is 2. The van der Waals surface area contributed by atoms with Crippen molar-refractivity contribution in [3.8, 4) is 11.1 Å². The molecule has 0 amide bonds. The third-order valence-corrected chi connectivity index (χ3v) is 6.02. The van der Waals surface area contributed by atoms with Crippen LogP contribution in [-0.4, -0.2) is 28.3 Å². The summed E-state index contributed by atoms with van der Waals surface area (Å²) in [4.78, 5) is 21.7. The molecule has 0 N–H and O–H groups in total. The van der Waals surface area contributed by atoms with Crippen molar-refractivity contribution >= 4 is 39.3 Å². The van der Waals surface area contributed by atoms with Gasteiger partial charge in [-0.2, -0.15) is 0 Å². The Morgan fingerprint density at radius 1 is 1.29 bits per heavy atom. The minimum Gasteiger partial charge on any atom is -0.468 e. The van der Waals surface area contributed by atoms with Crippen molar-refractivity contribution in [2.45, 2.75) is 30.5 Å². The van der Waals surface area contributed by atoms with E-state index in [2.05, 4.69) is 46.5 Å². The van der Waals surface area contributed by atoms with Crippen LogP contribution in [0.25, 0.3) is 21.3 Å². The number of aromatic nitrogens is 2. The molecule has 124 valence electrons. The number of esters is 1. The number of benzene rings is 1. The summed E-state index contributed by atoms with van der Waals surface area (Å²) in [7, 11) is 1.42. The summed E-state index contributed by atoms with van der Waals surface area (Å²) in [6.07, 6.45) is 2.25. The molecule has 1 atom stereocenters. The second-order valence-corrected chi connectivity index (χ2v) is 7.46. The summed E-state index contributed by atoms with van der Waals surface area (Å²) in [5.41, 5.74) is 3.47. The van der Waals surface area contributed by atoms with Crippen LogP contribution in [0.15, 0.2) is 41.0 Å². The van der Waals surface area contributed by atoms with Crippen LogP contribution < -0.4 is 0 Å². The second-order valence-electron chi connectivity index (χ2n) is 5.41. The largest absolute Gasteiger partial charge is 0.468 e. The minimum atomic E-state index is -0.265. The van der Waals surface area contributed by atoms with Crippen molar-refractivity contribution in [3.05, 3.63) is 41.5 Å². The zero-order chi connectivity index (χ0) is 17.1. The summed E-state index contributed by atoms with van der Waals surface area (Å²) < 4.78 is 4.90. The van der Waals surface area contributed by atoms with Gasteiger partial charge in [0.1, 0.15) is 21.4 Å². The Balaban J connectivity index is 2.07. The van der Waals surface area contributed by atoms with E-state index in [0.717, 1.165) is 26.4 Å². The van der Waals surface area contributed by atoms with Crippen LogP contribution in [0.5, 0.6) is 0 Å². The third-order valence-electron chi connectivity index (χ3n) is 3.79. The fourth-order valence-electron chi connectivity index (χ4n) is 2.45. The fraction of sp³-hybridized carbons (Fsp3) is 0.278. The van der Waals surface area contributed by atoms with E-state index in [9.17, 15) is 4.79 Å². The molecular formula is C18H18N2O2S2. The number of ether oxygens (including phenoxy) is 1. The number of thiophene rings is 1. The SMILES string of the molecule is CCC(Sc1ncnc2scc(-c3ccc(C)cc3)c12)C(=O)OC. The summed E-state index contributed by atoms with van der Waals surface area (Å²) in [6, 6.07) is 8.41. The van der Waals surface area contributed by atoms with Gasteiger partial charge >= 0.3 is 5.97 Å². The molecule has 0 radical (unpaired) electrons. The lowest BCUT2D eigenvalue weighted by atomic mass is 10.1. The molecule has 0 spiro atoms. The first-order valence-electron chi connectivity index (χ1n) is 7.67. The first-order chi connectivity index (χ1) is 11.6. The van der Waals surface area contributed by atoms with E-state index in [1.165, 1.54) is 24.4 Å². The van der Waals surface area contributed by atoms with Crippen molar-refractivity contribution in [3.63, 3.8) is 0 Å². The predicted molar refractivity (Wildman–Crippen MR) is 99.5 cm³/mol. The molecule has 6 heteroatoms. The van der Waals surface area contributed by atoms with Crippen LogP contribution in [0.2, 0.25) is 0 Å². The maximum absolute atomic E-state index is 11.9. The van der Waals surface area contributed by atoms with Gasteiger partial charge in [-0.1, -0.05) is 48.5 Å². The van der Waals surface area contributed by atoms with Gasteiger partial charge in [-0.25, -0.2) is 9.97 Å². The van der Waals surface area contributed by atoms with Gasteiger partial charge in [-0.3, -0.25) is 4.79 Å². The number of rotatable bonds is 5. The van der Waals surface area contributed by atoms with Crippen LogP contribution in [-0.2, 0) is 9.53 Å². The Hall–Kier alpha value is -1.92. The normalized spacial score (nSPS) is 12.3. The maximum atomic E-state index is 11.9. The van der Waals surface area contributed by atoms with E-state index in [-0.39, 0.29) is 11.2 Å². The highest BCUT2D eigenvalue weighted by molar-refractivity contribution is 8.00. The topological polar surface area (TPSA) is 52.1 Å². The van der Waals surface area contributed by atoms with Gasteiger partial charge in [0.05, 0.1) is 12.5 Å². The molecule has 0 aliphatic heterocycles. The lowest BCUT2D eigenvalue weighted by Crippen LogP contribution is -2.17. The molecule has 4 nitrogen and oxygen atoms in total. The van der Waals surface area contributed by atoms with Gasteiger partial charge in [0, 0.05) is 10.9 Å². The number of carbonyl (C=O) groups excluding carboxylic acids is 1. The van der Waals surface area contributed by atoms with Crippen molar-refractivity contribution in [2.75, 3.05) is 7.11 Å². The number of aryl methyl sites for hydroxylation is 1. The minimum absolute atomic E-state index is 0.221. The van der Waals surface area contributed by atoms with Gasteiger partial charge in [-0.15, -0.1) is 11.3 Å². The van der Waals surface area contributed by atoms with Crippen LogP contribution in [0.4, 0.5) is 0 Å². The first-order valence-corrected chi connectivity index (χ1v) is 9.43. The Bertz CT molecular complexity index is 859. The molecule has 0 aliphatic rings. The molecule has 2 heterocycles. The van der Waals surface area contributed by atoms with Crippen molar-refractivity contribution < 1.29 is 9.53 Å². The monoisotopic (exact) mass is 358 g/mol. The van der Waals surface area contributed by atoms with Gasteiger partial charge in [0.25, 0.3) is 0 Å². The van der Waals surface area contributed by atoms with E-state index in [0.29, 0.717) is 6.42 Å².